The minimum absolute atomic E-state index is 0. The van der Waals surface area contributed by atoms with Gasteiger partial charge < -0.3 is 15.4 Å². The molecule has 17 heavy (non-hydrogen) atoms. The van der Waals surface area contributed by atoms with E-state index in [1.807, 2.05) is 0 Å². The van der Waals surface area contributed by atoms with Crippen molar-refractivity contribution < 1.29 is 4.74 Å². The molecule has 5 heteroatoms. The van der Waals surface area contributed by atoms with Gasteiger partial charge in [0.2, 0.25) is 0 Å². The van der Waals surface area contributed by atoms with Crippen LogP contribution in [-0.2, 0) is 4.74 Å². The molecule has 0 aromatic carbocycles. The first-order chi connectivity index (χ1) is 7.51. The average molecular weight is 355 g/mol. The Morgan fingerprint density at radius 3 is 2.59 bits per heavy atom. The van der Waals surface area contributed by atoms with Crippen molar-refractivity contribution in [3.8, 4) is 0 Å². The van der Waals surface area contributed by atoms with Crippen LogP contribution in [0.3, 0.4) is 0 Å². The van der Waals surface area contributed by atoms with Crippen LogP contribution < -0.4 is 10.6 Å². The summed E-state index contributed by atoms with van der Waals surface area (Å²) in [4.78, 5) is 4.55. The molecule has 0 aromatic rings. The van der Waals surface area contributed by atoms with Crippen LogP contribution in [0.25, 0.3) is 0 Å². The third-order valence-electron chi connectivity index (χ3n) is 2.31. The summed E-state index contributed by atoms with van der Waals surface area (Å²) in [5, 5.41) is 6.61. The second-order valence-electron chi connectivity index (χ2n) is 5.23. The second kappa shape index (κ2) is 8.13. The minimum Gasteiger partial charge on any atom is -0.376 e. The Hall–Kier alpha value is -0.0400. The Kier molecular flexibility index (Phi) is 8.11. The molecule has 1 rings (SSSR count). The maximum absolute atomic E-state index is 5.55. The number of guanidine groups is 1. The molecule has 0 aromatic heterocycles. The van der Waals surface area contributed by atoms with Crippen molar-refractivity contribution >= 4 is 29.9 Å². The van der Waals surface area contributed by atoms with E-state index in [1.54, 1.807) is 0 Å². The normalized spacial score (nSPS) is 20.9. The van der Waals surface area contributed by atoms with E-state index in [1.165, 1.54) is 6.42 Å². The molecular weight excluding hydrogens is 329 g/mol. The van der Waals surface area contributed by atoms with Crippen LogP contribution in [0, 0.1) is 0 Å². The maximum atomic E-state index is 5.55. The largest absolute Gasteiger partial charge is 0.376 e. The zero-order valence-electron chi connectivity index (χ0n) is 11.4. The minimum atomic E-state index is 0. The molecule has 0 bridgehead atoms. The first-order valence-electron chi connectivity index (χ1n) is 6.19. The fourth-order valence-corrected chi connectivity index (χ4v) is 1.64. The number of halogens is 1. The van der Waals surface area contributed by atoms with Gasteiger partial charge in [-0.05, 0) is 40.5 Å². The van der Waals surface area contributed by atoms with Gasteiger partial charge in [-0.3, -0.25) is 4.99 Å². The predicted octanol–water partition coefficient (Wildman–Crippen LogP) is 2.14. The Bertz CT molecular complexity index is 232. The van der Waals surface area contributed by atoms with E-state index in [0.717, 1.165) is 32.1 Å². The van der Waals surface area contributed by atoms with Crippen molar-refractivity contribution in [2.45, 2.75) is 52.2 Å². The van der Waals surface area contributed by atoms with Gasteiger partial charge >= 0.3 is 0 Å². The SMILES string of the molecule is CCNC(=NCC1CCCO1)NC(C)(C)C.I. The predicted molar refractivity (Wildman–Crippen MR) is 83.3 cm³/mol. The molecule has 0 aliphatic carbocycles. The van der Waals surface area contributed by atoms with Crippen LogP contribution >= 0.6 is 24.0 Å². The van der Waals surface area contributed by atoms with Gasteiger partial charge in [0.05, 0.1) is 12.6 Å². The molecule has 102 valence electrons. The highest BCUT2D eigenvalue weighted by Crippen LogP contribution is 2.11. The van der Waals surface area contributed by atoms with Crippen molar-refractivity contribution in [2.75, 3.05) is 19.7 Å². The molecule has 1 atom stereocenters. The molecule has 1 saturated heterocycles. The van der Waals surface area contributed by atoms with Crippen molar-refractivity contribution in [3.63, 3.8) is 0 Å². The van der Waals surface area contributed by atoms with E-state index in [2.05, 4.69) is 43.3 Å². The third-order valence-corrected chi connectivity index (χ3v) is 2.31. The summed E-state index contributed by atoms with van der Waals surface area (Å²) in [6.07, 6.45) is 2.62. The van der Waals surface area contributed by atoms with Gasteiger partial charge in [0.1, 0.15) is 0 Å². The summed E-state index contributed by atoms with van der Waals surface area (Å²) in [5.74, 6) is 0.880. The molecule has 1 aliphatic rings. The Morgan fingerprint density at radius 2 is 2.12 bits per heavy atom. The van der Waals surface area contributed by atoms with Gasteiger partial charge in [-0.15, -0.1) is 24.0 Å². The highest BCUT2D eigenvalue weighted by atomic mass is 127. The number of rotatable bonds is 3. The topological polar surface area (TPSA) is 45.7 Å². The van der Waals surface area contributed by atoms with E-state index in [0.29, 0.717) is 6.10 Å². The Labute approximate surface area is 122 Å². The van der Waals surface area contributed by atoms with Crippen LogP contribution in [0.2, 0.25) is 0 Å². The van der Waals surface area contributed by atoms with E-state index in [-0.39, 0.29) is 29.5 Å². The van der Waals surface area contributed by atoms with E-state index >= 15 is 0 Å². The highest BCUT2D eigenvalue weighted by Gasteiger charge is 2.16. The van der Waals surface area contributed by atoms with Gasteiger partial charge in [0.15, 0.2) is 5.96 Å². The van der Waals surface area contributed by atoms with E-state index in [9.17, 15) is 0 Å². The molecule has 0 saturated carbocycles. The van der Waals surface area contributed by atoms with E-state index < -0.39 is 0 Å². The summed E-state index contributed by atoms with van der Waals surface area (Å²) < 4.78 is 5.55. The van der Waals surface area contributed by atoms with Crippen LogP contribution in [-0.4, -0.2) is 37.3 Å². The summed E-state index contributed by atoms with van der Waals surface area (Å²) in [6.45, 7) is 11.0. The first-order valence-corrected chi connectivity index (χ1v) is 6.19. The summed E-state index contributed by atoms with van der Waals surface area (Å²) >= 11 is 0. The van der Waals surface area contributed by atoms with Gasteiger partial charge in [-0.25, -0.2) is 0 Å². The quantitative estimate of drug-likeness (QED) is 0.463. The lowest BCUT2D eigenvalue weighted by Crippen LogP contribution is -2.47. The molecule has 0 radical (unpaired) electrons. The zero-order chi connectivity index (χ0) is 12.0. The lowest BCUT2D eigenvalue weighted by Gasteiger charge is -2.24. The fraction of sp³-hybridized carbons (Fsp3) is 0.917. The number of ether oxygens (including phenoxy) is 1. The van der Waals surface area contributed by atoms with Crippen molar-refractivity contribution in [3.05, 3.63) is 0 Å². The number of nitrogens with one attached hydrogen (secondary N) is 2. The fourth-order valence-electron chi connectivity index (χ4n) is 1.64. The molecule has 1 fully saturated rings. The van der Waals surface area contributed by atoms with Gasteiger partial charge in [-0.2, -0.15) is 0 Å². The Morgan fingerprint density at radius 1 is 1.41 bits per heavy atom. The molecule has 1 unspecified atom stereocenters. The molecule has 1 aliphatic heterocycles. The summed E-state index contributed by atoms with van der Waals surface area (Å²) in [6, 6.07) is 0. The molecule has 2 N–H and O–H groups in total. The standard InChI is InChI=1S/C12H25N3O.HI/c1-5-13-11(15-12(2,3)4)14-9-10-7-6-8-16-10;/h10H,5-9H2,1-4H3,(H2,13,14,15);1H. The van der Waals surface area contributed by atoms with Gasteiger partial charge in [-0.1, -0.05) is 0 Å². The first kappa shape index (κ1) is 17.0. The maximum Gasteiger partial charge on any atom is 0.191 e. The van der Waals surface area contributed by atoms with Crippen LogP contribution in [0.1, 0.15) is 40.5 Å². The zero-order valence-corrected chi connectivity index (χ0v) is 13.7. The number of aliphatic imine (C=N–C) groups is 1. The molecule has 0 spiro atoms. The molecule has 1 heterocycles. The second-order valence-corrected chi connectivity index (χ2v) is 5.23. The molecule has 0 amide bonds. The third kappa shape index (κ3) is 7.81. The van der Waals surface area contributed by atoms with Crippen LogP contribution in [0.15, 0.2) is 4.99 Å². The smallest absolute Gasteiger partial charge is 0.191 e. The van der Waals surface area contributed by atoms with Crippen molar-refractivity contribution in [1.29, 1.82) is 0 Å². The van der Waals surface area contributed by atoms with E-state index in [4.69, 9.17) is 4.74 Å². The number of hydrogen-bond acceptors (Lipinski definition) is 2. The number of nitrogens with zero attached hydrogens (tertiary/aromatic N) is 1. The van der Waals surface area contributed by atoms with Gasteiger partial charge in [0, 0.05) is 18.7 Å². The van der Waals surface area contributed by atoms with Crippen LogP contribution in [0.4, 0.5) is 0 Å². The lowest BCUT2D eigenvalue weighted by molar-refractivity contribution is 0.117. The van der Waals surface area contributed by atoms with Crippen molar-refractivity contribution in [1.82, 2.24) is 10.6 Å². The highest BCUT2D eigenvalue weighted by molar-refractivity contribution is 14.0. The Balaban J connectivity index is 0.00000256. The number of hydrogen-bond donors (Lipinski definition) is 2. The molecular formula is C12H26IN3O. The summed E-state index contributed by atoms with van der Waals surface area (Å²) in [7, 11) is 0. The molecule has 4 nitrogen and oxygen atoms in total. The van der Waals surface area contributed by atoms with Gasteiger partial charge in [0.25, 0.3) is 0 Å². The average Bonchev–Trinajstić information content (AvgIpc) is 2.64. The lowest BCUT2D eigenvalue weighted by atomic mass is 10.1. The monoisotopic (exact) mass is 355 g/mol. The summed E-state index contributed by atoms with van der Waals surface area (Å²) in [5.41, 5.74) is 0.0392. The van der Waals surface area contributed by atoms with Crippen LogP contribution in [0.5, 0.6) is 0 Å². The van der Waals surface area contributed by atoms with Crippen molar-refractivity contribution in [2.24, 2.45) is 4.99 Å².